The maximum atomic E-state index is 7.08. The van der Waals surface area contributed by atoms with Crippen LogP contribution in [0.25, 0.3) is 5.53 Å². The van der Waals surface area contributed by atoms with Crippen LogP contribution >= 0.6 is 0 Å². The minimum absolute atomic E-state index is 0.844. The molecule has 0 bridgehead atoms. The molecule has 0 saturated carbocycles. The topological polar surface area (TPSA) is 45.6 Å². The molecule has 0 heterocycles. The lowest BCUT2D eigenvalue weighted by Crippen LogP contribution is -1.84. The fraction of sp³-hybridized carbons (Fsp3) is 0.800. The lowest BCUT2D eigenvalue weighted by atomic mass is 10.8. The molecule has 0 spiro atoms. The summed E-state index contributed by atoms with van der Waals surface area (Å²) in [6, 6.07) is 0. The van der Waals surface area contributed by atoms with E-state index in [2.05, 4.69) is 11.5 Å². The van der Waals surface area contributed by atoms with Crippen LogP contribution in [-0.4, -0.2) is 24.7 Å². The van der Waals surface area contributed by atoms with Crippen molar-refractivity contribution in [1.82, 2.24) is 0 Å². The molecule has 0 aliphatic rings. The summed E-state index contributed by atoms with van der Waals surface area (Å²) in [6.45, 7) is 8.33. The minimum atomic E-state index is 0.844. The third-order valence-corrected chi connectivity index (χ3v) is 0.408. The average molecular weight is 116 g/mol. The molecule has 0 radical (unpaired) electrons. The molecule has 0 aliphatic carbocycles. The molecule has 0 aromatic rings. The Morgan fingerprint density at radius 3 is 1.75 bits per heavy atom. The quantitative estimate of drug-likeness (QED) is 0.301. The molecule has 8 heavy (non-hydrogen) atoms. The summed E-state index contributed by atoms with van der Waals surface area (Å²) in [5.74, 6) is 0. The molecular formula is C5H12N2O. The first-order chi connectivity index (χ1) is 3.83. The smallest absolute Gasteiger partial charge is 0.245 e. The number of hydrogen-bond acceptors (Lipinski definition) is 1. The van der Waals surface area contributed by atoms with Crippen LogP contribution in [0, 0.1) is 0 Å². The summed E-state index contributed by atoms with van der Waals surface area (Å²) >= 11 is 0. The second kappa shape index (κ2) is 16.2. The van der Waals surface area contributed by atoms with E-state index in [0.29, 0.717) is 0 Å². The van der Waals surface area contributed by atoms with Gasteiger partial charge in [-0.05, 0) is 13.8 Å². The van der Waals surface area contributed by atoms with Gasteiger partial charge in [-0.2, -0.15) is 4.79 Å². The van der Waals surface area contributed by atoms with E-state index in [1.807, 2.05) is 13.8 Å². The van der Waals surface area contributed by atoms with Crippen molar-refractivity contribution < 1.29 is 9.53 Å². The van der Waals surface area contributed by atoms with Gasteiger partial charge in [0.25, 0.3) is 0 Å². The number of nitrogens with zero attached hydrogens (tertiary/aromatic N) is 2. The van der Waals surface area contributed by atoms with Gasteiger partial charge in [-0.3, -0.25) is 0 Å². The van der Waals surface area contributed by atoms with Gasteiger partial charge in [-0.25, -0.2) is 0 Å². The Bertz CT molecular complexity index is 55.4. The highest BCUT2D eigenvalue weighted by molar-refractivity contribution is 5.12. The van der Waals surface area contributed by atoms with Crippen molar-refractivity contribution in [2.45, 2.75) is 13.8 Å². The third-order valence-electron chi connectivity index (χ3n) is 0.408. The Balaban J connectivity index is 0. The molecule has 0 aliphatic heterocycles. The van der Waals surface area contributed by atoms with Crippen molar-refractivity contribution in [3.05, 3.63) is 5.53 Å². The van der Waals surface area contributed by atoms with Crippen LogP contribution in [0.15, 0.2) is 0 Å². The molecule has 3 nitrogen and oxygen atoms in total. The van der Waals surface area contributed by atoms with Crippen LogP contribution in [-0.2, 0) is 4.74 Å². The zero-order valence-corrected chi connectivity index (χ0v) is 5.42. The molecule has 0 aromatic heterocycles. The molecule has 0 N–H and O–H groups in total. The molecule has 0 fully saturated rings. The van der Waals surface area contributed by atoms with Gasteiger partial charge in [0.2, 0.25) is 6.72 Å². The highest BCUT2D eigenvalue weighted by atomic mass is 16.5. The molecule has 3 heteroatoms. The molecule has 0 amide bonds. The van der Waals surface area contributed by atoms with Crippen LogP contribution in [0.5, 0.6) is 0 Å². The van der Waals surface area contributed by atoms with Crippen molar-refractivity contribution in [1.29, 1.82) is 0 Å². The molecule has 0 rings (SSSR count). The third kappa shape index (κ3) is 56.0. The van der Waals surface area contributed by atoms with Crippen LogP contribution in [0.1, 0.15) is 13.8 Å². The zero-order chi connectivity index (χ0) is 6.83. The molecule has 0 saturated heterocycles. The number of rotatable bonds is 2. The molecule has 0 aromatic carbocycles. The first kappa shape index (κ1) is 10.3. The summed E-state index contributed by atoms with van der Waals surface area (Å²) in [6.07, 6.45) is 0. The largest absolute Gasteiger partial charge is 0.382 e. The van der Waals surface area contributed by atoms with Crippen molar-refractivity contribution >= 4 is 6.72 Å². The second-order valence-electron chi connectivity index (χ2n) is 0.923. The predicted molar refractivity (Wildman–Crippen MR) is 32.9 cm³/mol. The van der Waals surface area contributed by atoms with E-state index in [9.17, 15) is 0 Å². The van der Waals surface area contributed by atoms with Crippen LogP contribution in [0.2, 0.25) is 0 Å². The van der Waals surface area contributed by atoms with Gasteiger partial charge in [-0.15, -0.1) is 0 Å². The Labute approximate surface area is 49.9 Å². The Morgan fingerprint density at radius 1 is 1.50 bits per heavy atom. The summed E-state index contributed by atoms with van der Waals surface area (Å²) < 4.78 is 4.83. The normalized spacial score (nSPS) is 6.25. The second-order valence-corrected chi connectivity index (χ2v) is 0.923. The van der Waals surface area contributed by atoms with Crippen LogP contribution in [0.3, 0.4) is 0 Å². The summed E-state index contributed by atoms with van der Waals surface area (Å²) in [5, 5.41) is 0. The molecule has 48 valence electrons. The zero-order valence-electron chi connectivity index (χ0n) is 5.42. The Hall–Kier alpha value is -0.660. The Kier molecular flexibility index (Phi) is 21.0. The summed E-state index contributed by atoms with van der Waals surface area (Å²) in [7, 11) is 0. The van der Waals surface area contributed by atoms with Gasteiger partial charge in [0, 0.05) is 13.2 Å². The molecular weight excluding hydrogens is 104 g/mol. The highest BCUT2D eigenvalue weighted by Gasteiger charge is 1.64. The van der Waals surface area contributed by atoms with Crippen LogP contribution in [0.4, 0.5) is 0 Å². The number of hydrogen-bond donors (Lipinski definition) is 0. The first-order valence-electron chi connectivity index (χ1n) is 2.51. The van der Waals surface area contributed by atoms with Crippen molar-refractivity contribution in [2.24, 2.45) is 0 Å². The van der Waals surface area contributed by atoms with Crippen molar-refractivity contribution in [2.75, 3.05) is 13.2 Å². The fourth-order valence-corrected chi connectivity index (χ4v) is 0.204. The van der Waals surface area contributed by atoms with E-state index in [1.165, 1.54) is 0 Å². The predicted octanol–water partition coefficient (Wildman–Crippen LogP) is 0.960. The maximum Gasteiger partial charge on any atom is 0.245 e. The summed E-state index contributed by atoms with van der Waals surface area (Å²) in [4.78, 5) is 2.25. The van der Waals surface area contributed by atoms with E-state index in [1.54, 1.807) is 0 Å². The van der Waals surface area contributed by atoms with Gasteiger partial charge in [0.05, 0.1) is 0 Å². The lowest BCUT2D eigenvalue weighted by molar-refractivity contribution is 0.0110. The van der Waals surface area contributed by atoms with Crippen molar-refractivity contribution in [3.8, 4) is 0 Å². The fourth-order valence-electron chi connectivity index (χ4n) is 0.204. The van der Waals surface area contributed by atoms with E-state index < -0.39 is 0 Å². The monoisotopic (exact) mass is 116 g/mol. The first-order valence-corrected chi connectivity index (χ1v) is 2.51. The lowest BCUT2D eigenvalue weighted by Gasteiger charge is -1.86. The molecule has 0 unspecified atom stereocenters. The van der Waals surface area contributed by atoms with E-state index >= 15 is 0 Å². The number of ether oxygens (including phenoxy) is 1. The van der Waals surface area contributed by atoms with Crippen molar-refractivity contribution in [3.63, 3.8) is 0 Å². The van der Waals surface area contributed by atoms with E-state index in [-0.39, 0.29) is 0 Å². The van der Waals surface area contributed by atoms with Gasteiger partial charge in [-0.1, -0.05) is 0 Å². The van der Waals surface area contributed by atoms with Crippen LogP contribution < -0.4 is 0 Å². The van der Waals surface area contributed by atoms with Gasteiger partial charge in [0.15, 0.2) is 0 Å². The SMILES string of the molecule is C=[N+]=[N-].CCOCC. The average Bonchev–Trinajstić information content (AvgIpc) is 1.71. The molecule has 0 atom stereocenters. The Morgan fingerprint density at radius 2 is 1.75 bits per heavy atom. The van der Waals surface area contributed by atoms with Gasteiger partial charge in [0.1, 0.15) is 0 Å². The van der Waals surface area contributed by atoms with Gasteiger partial charge < -0.3 is 10.3 Å². The van der Waals surface area contributed by atoms with E-state index in [0.717, 1.165) is 13.2 Å². The van der Waals surface area contributed by atoms with Gasteiger partial charge >= 0.3 is 0 Å². The summed E-state index contributed by atoms with van der Waals surface area (Å²) in [5.41, 5.74) is 7.08. The standard InChI is InChI=1S/C4H10O.CH2N2/c1-3-5-4-2;1-3-2/h3-4H2,1-2H3;1H2. The highest BCUT2D eigenvalue weighted by Crippen LogP contribution is 1.64. The van der Waals surface area contributed by atoms with E-state index in [4.69, 9.17) is 10.3 Å². The minimum Gasteiger partial charge on any atom is -0.382 e. The maximum absolute atomic E-state index is 7.08.